The number of benzene rings is 2. The van der Waals surface area contributed by atoms with Gasteiger partial charge in [-0.25, -0.2) is 0 Å². The van der Waals surface area contributed by atoms with Crippen molar-refractivity contribution >= 4 is 29.1 Å². The van der Waals surface area contributed by atoms with E-state index in [1.807, 2.05) is 19.1 Å². The van der Waals surface area contributed by atoms with Crippen LogP contribution in [0.2, 0.25) is 5.02 Å². The van der Waals surface area contributed by atoms with Crippen LogP contribution in [0.15, 0.2) is 42.5 Å². The van der Waals surface area contributed by atoms with Gasteiger partial charge in [-0.3, -0.25) is 9.59 Å². The third-order valence-corrected chi connectivity index (χ3v) is 5.24. The van der Waals surface area contributed by atoms with Crippen LogP contribution in [0.25, 0.3) is 0 Å². The predicted molar refractivity (Wildman–Crippen MR) is 113 cm³/mol. The number of hydrogen-bond donors (Lipinski definition) is 3. The van der Waals surface area contributed by atoms with E-state index in [1.165, 1.54) is 12.0 Å². The number of anilines is 1. The van der Waals surface area contributed by atoms with Crippen LogP contribution in [0.5, 0.6) is 0 Å². The Hall–Kier alpha value is -2.37. The Bertz CT molecular complexity index is 830. The highest BCUT2D eigenvalue weighted by Gasteiger charge is 2.15. The predicted octanol–water partition coefficient (Wildman–Crippen LogP) is 3.42. The molecule has 6 heteroatoms. The summed E-state index contributed by atoms with van der Waals surface area (Å²) in [6.45, 7) is 4.55. The number of carbonyl (C=O) groups excluding carboxylic acids is 2. The molecule has 28 heavy (non-hydrogen) atoms. The van der Waals surface area contributed by atoms with Crippen LogP contribution in [0.4, 0.5) is 5.69 Å². The fourth-order valence-corrected chi connectivity index (χ4v) is 3.64. The molecule has 1 fully saturated rings. The van der Waals surface area contributed by atoms with Crippen LogP contribution in [-0.2, 0) is 17.6 Å². The number of halogens is 1. The highest BCUT2D eigenvalue weighted by Crippen LogP contribution is 2.21. The molecular formula is C22H26ClN3O2. The molecule has 0 aromatic heterocycles. The van der Waals surface area contributed by atoms with E-state index < -0.39 is 0 Å². The van der Waals surface area contributed by atoms with Gasteiger partial charge in [-0.15, -0.1) is 0 Å². The minimum absolute atomic E-state index is 0.128. The molecule has 3 rings (SSSR count). The second-order valence-corrected chi connectivity index (χ2v) is 7.57. The Balaban J connectivity index is 1.57. The maximum Gasteiger partial charge on any atom is 0.252 e. The summed E-state index contributed by atoms with van der Waals surface area (Å²) in [6.07, 6.45) is 2.58. The molecular weight excluding hydrogens is 374 g/mol. The first-order chi connectivity index (χ1) is 13.5. The van der Waals surface area contributed by atoms with E-state index >= 15 is 0 Å². The van der Waals surface area contributed by atoms with Crippen molar-refractivity contribution in [2.24, 2.45) is 5.92 Å². The van der Waals surface area contributed by atoms with E-state index in [0.717, 1.165) is 25.1 Å². The fourth-order valence-electron chi connectivity index (χ4n) is 3.44. The quantitative estimate of drug-likeness (QED) is 0.668. The second kappa shape index (κ2) is 9.71. The van der Waals surface area contributed by atoms with Crippen molar-refractivity contribution in [2.75, 3.05) is 25.0 Å². The molecule has 0 bridgehead atoms. The molecule has 2 amide bonds. The second-order valence-electron chi connectivity index (χ2n) is 7.16. The van der Waals surface area contributed by atoms with Crippen LogP contribution in [0.3, 0.4) is 0 Å². The van der Waals surface area contributed by atoms with E-state index in [1.54, 1.807) is 18.2 Å². The summed E-state index contributed by atoms with van der Waals surface area (Å²) < 4.78 is 0. The van der Waals surface area contributed by atoms with Gasteiger partial charge in [0.05, 0.1) is 17.0 Å². The Morgan fingerprint density at radius 2 is 1.89 bits per heavy atom. The van der Waals surface area contributed by atoms with Gasteiger partial charge in [-0.2, -0.15) is 0 Å². The molecule has 1 unspecified atom stereocenters. The van der Waals surface area contributed by atoms with Gasteiger partial charge in [0.25, 0.3) is 5.91 Å². The van der Waals surface area contributed by atoms with Crippen LogP contribution in [-0.4, -0.2) is 31.4 Å². The van der Waals surface area contributed by atoms with Crippen molar-refractivity contribution in [3.8, 4) is 0 Å². The molecule has 148 valence electrons. The van der Waals surface area contributed by atoms with Crippen molar-refractivity contribution in [1.82, 2.24) is 10.6 Å². The average molecular weight is 400 g/mol. The van der Waals surface area contributed by atoms with E-state index in [2.05, 4.69) is 28.1 Å². The third-order valence-electron chi connectivity index (χ3n) is 4.91. The molecule has 0 saturated carbocycles. The molecule has 2 aromatic rings. The van der Waals surface area contributed by atoms with Crippen LogP contribution >= 0.6 is 11.6 Å². The van der Waals surface area contributed by atoms with E-state index in [4.69, 9.17) is 11.6 Å². The maximum atomic E-state index is 12.4. The Morgan fingerprint density at radius 3 is 2.57 bits per heavy atom. The first kappa shape index (κ1) is 20.4. The zero-order chi connectivity index (χ0) is 19.9. The fraction of sp³-hybridized carbons (Fsp3) is 0.364. The molecule has 2 aromatic carbocycles. The normalized spacial score (nSPS) is 16.0. The van der Waals surface area contributed by atoms with Crippen molar-refractivity contribution < 1.29 is 9.59 Å². The number of carbonyl (C=O) groups is 2. The van der Waals surface area contributed by atoms with Gasteiger partial charge in [0.1, 0.15) is 0 Å². The summed E-state index contributed by atoms with van der Waals surface area (Å²) in [4.78, 5) is 24.4. The first-order valence-corrected chi connectivity index (χ1v) is 10.1. The van der Waals surface area contributed by atoms with Gasteiger partial charge in [-0.05, 0) is 68.1 Å². The lowest BCUT2D eigenvalue weighted by atomic mass is 9.97. The van der Waals surface area contributed by atoms with Gasteiger partial charge in [0.15, 0.2) is 0 Å². The maximum absolute atomic E-state index is 12.4. The Labute approximate surface area is 170 Å². The molecule has 3 N–H and O–H groups in total. The molecule has 1 heterocycles. The molecule has 0 aliphatic carbocycles. The number of nitrogens with one attached hydrogen (secondary N) is 3. The van der Waals surface area contributed by atoms with Crippen LogP contribution in [0, 0.1) is 5.92 Å². The summed E-state index contributed by atoms with van der Waals surface area (Å²) in [5, 5.41) is 9.30. The minimum atomic E-state index is -0.253. The van der Waals surface area contributed by atoms with Gasteiger partial charge in [0, 0.05) is 12.2 Å². The van der Waals surface area contributed by atoms with Crippen molar-refractivity contribution in [3.63, 3.8) is 0 Å². The molecule has 0 spiro atoms. The highest BCUT2D eigenvalue weighted by molar-refractivity contribution is 6.34. The Morgan fingerprint density at radius 1 is 1.14 bits per heavy atom. The summed E-state index contributed by atoms with van der Waals surface area (Å²) >= 11 is 6.09. The van der Waals surface area contributed by atoms with Crippen molar-refractivity contribution in [2.45, 2.75) is 26.2 Å². The van der Waals surface area contributed by atoms with E-state index in [-0.39, 0.29) is 18.2 Å². The number of amides is 2. The summed E-state index contributed by atoms with van der Waals surface area (Å²) in [6, 6.07) is 13.2. The largest absolute Gasteiger partial charge is 0.352 e. The van der Waals surface area contributed by atoms with E-state index in [0.29, 0.717) is 28.7 Å². The lowest BCUT2D eigenvalue weighted by Gasteiger charge is -2.10. The molecule has 1 atom stereocenters. The average Bonchev–Trinajstić information content (AvgIpc) is 3.18. The molecule has 1 saturated heterocycles. The summed E-state index contributed by atoms with van der Waals surface area (Å²) in [7, 11) is 0. The van der Waals surface area contributed by atoms with Crippen LogP contribution < -0.4 is 16.0 Å². The van der Waals surface area contributed by atoms with Gasteiger partial charge < -0.3 is 16.0 Å². The first-order valence-electron chi connectivity index (χ1n) is 9.71. The van der Waals surface area contributed by atoms with E-state index in [9.17, 15) is 9.59 Å². The lowest BCUT2D eigenvalue weighted by molar-refractivity contribution is -0.115. The van der Waals surface area contributed by atoms with Crippen molar-refractivity contribution in [3.05, 3.63) is 64.2 Å². The topological polar surface area (TPSA) is 70.2 Å². The highest BCUT2D eigenvalue weighted by atomic mass is 35.5. The zero-order valence-corrected chi connectivity index (χ0v) is 16.8. The standard InChI is InChI=1S/C22H26ClN3O2/c1-2-25-22(28)19-13-18(7-8-20(19)23)26-21(27)12-16-5-3-15(4-6-16)11-17-9-10-24-14-17/h3-8,13,17,24H,2,9-12,14H2,1H3,(H,25,28)(H,26,27). The van der Waals surface area contributed by atoms with Crippen molar-refractivity contribution in [1.29, 1.82) is 0 Å². The van der Waals surface area contributed by atoms with Gasteiger partial charge in [0.2, 0.25) is 5.91 Å². The smallest absolute Gasteiger partial charge is 0.252 e. The zero-order valence-electron chi connectivity index (χ0n) is 16.1. The number of hydrogen-bond acceptors (Lipinski definition) is 3. The van der Waals surface area contributed by atoms with Gasteiger partial charge in [-0.1, -0.05) is 35.9 Å². The lowest BCUT2D eigenvalue weighted by Crippen LogP contribution is -2.23. The van der Waals surface area contributed by atoms with Crippen LogP contribution in [0.1, 0.15) is 34.8 Å². The monoisotopic (exact) mass is 399 g/mol. The molecule has 1 aliphatic heterocycles. The number of rotatable bonds is 7. The van der Waals surface area contributed by atoms with Gasteiger partial charge >= 0.3 is 0 Å². The SMILES string of the molecule is CCNC(=O)c1cc(NC(=O)Cc2ccc(CC3CCNC3)cc2)ccc1Cl. The third kappa shape index (κ3) is 5.57. The molecule has 1 aliphatic rings. The molecule has 0 radical (unpaired) electrons. The summed E-state index contributed by atoms with van der Waals surface area (Å²) in [5.74, 6) is 0.326. The summed E-state index contributed by atoms with van der Waals surface area (Å²) in [5.41, 5.74) is 3.18. The Kier molecular flexibility index (Phi) is 7.06. The minimum Gasteiger partial charge on any atom is -0.352 e. The molecule has 5 nitrogen and oxygen atoms in total.